The second-order valence-electron chi connectivity index (χ2n) is 8.34. The zero-order chi connectivity index (χ0) is 28.0. The maximum atomic E-state index is 14.8. The molecule has 13 heteroatoms. The van der Waals surface area contributed by atoms with Crippen LogP contribution in [0.3, 0.4) is 0 Å². The van der Waals surface area contributed by atoms with Gasteiger partial charge >= 0.3 is 6.18 Å². The number of carbonyl (C=O) groups is 1. The first-order valence-corrected chi connectivity index (χ1v) is 11.5. The van der Waals surface area contributed by atoms with Crippen LogP contribution in [0.15, 0.2) is 73.2 Å². The molecule has 0 atom stereocenters. The number of rotatable bonds is 9. The molecule has 0 aliphatic heterocycles. The molecule has 2 aromatic carbocycles. The van der Waals surface area contributed by atoms with Gasteiger partial charge in [0.15, 0.2) is 0 Å². The Morgan fingerprint density at radius 3 is 2.49 bits per heavy atom. The Morgan fingerprint density at radius 2 is 1.82 bits per heavy atom. The Hall–Kier alpha value is -4.81. The number of alkyl halides is 4. The fourth-order valence-corrected chi connectivity index (χ4v) is 3.56. The molecule has 0 unspecified atom stereocenters. The second-order valence-corrected chi connectivity index (χ2v) is 8.34. The summed E-state index contributed by atoms with van der Waals surface area (Å²) in [5, 5.41) is 12.4. The molecular weight excluding hydrogens is 521 g/mol. The molecule has 4 rings (SSSR count). The smallest absolute Gasteiger partial charge is 0.337 e. The molecule has 0 aliphatic carbocycles. The van der Waals surface area contributed by atoms with Gasteiger partial charge in [0.25, 0.3) is 0 Å². The van der Waals surface area contributed by atoms with Gasteiger partial charge < -0.3 is 16.0 Å². The number of aryl methyl sites for hydroxylation is 1. The molecule has 0 bridgehead atoms. The molecule has 0 spiro atoms. The second kappa shape index (κ2) is 11.7. The van der Waals surface area contributed by atoms with Crippen LogP contribution in [-0.4, -0.2) is 38.5 Å². The number of halogens is 5. The Kier molecular flexibility index (Phi) is 8.18. The summed E-state index contributed by atoms with van der Waals surface area (Å²) in [6.45, 7) is -0.813. The largest absolute Gasteiger partial charge is 0.393 e. The topological polar surface area (TPSA) is 96.8 Å². The molecule has 0 radical (unpaired) electrons. The third-order valence-corrected chi connectivity index (χ3v) is 5.26. The molecule has 4 aromatic rings. The molecule has 3 N–H and O–H groups in total. The molecule has 0 saturated heterocycles. The van der Waals surface area contributed by atoms with Gasteiger partial charge in [0.2, 0.25) is 11.9 Å². The monoisotopic (exact) mass is 543 g/mol. The molecular formula is C26H22F5N7O. The van der Waals surface area contributed by atoms with E-state index in [1.165, 1.54) is 42.6 Å². The zero-order valence-corrected chi connectivity index (χ0v) is 20.4. The first-order chi connectivity index (χ1) is 18.6. The van der Waals surface area contributed by atoms with E-state index in [0.717, 1.165) is 18.2 Å². The molecule has 0 saturated carbocycles. The minimum atomic E-state index is -4.35. The number of amides is 1. The van der Waals surface area contributed by atoms with Crippen molar-refractivity contribution in [2.24, 2.45) is 7.05 Å². The van der Waals surface area contributed by atoms with Crippen LogP contribution in [0.1, 0.15) is 5.56 Å². The number of nitrogens with one attached hydrogen (secondary N) is 3. The van der Waals surface area contributed by atoms with Crippen LogP contribution in [0.5, 0.6) is 0 Å². The fraction of sp³-hybridized carbons (Fsp3) is 0.154. The van der Waals surface area contributed by atoms with Gasteiger partial charge in [0, 0.05) is 36.8 Å². The summed E-state index contributed by atoms with van der Waals surface area (Å²) in [6, 6.07) is 9.44. The quantitative estimate of drug-likeness (QED) is 0.175. The molecule has 2 aromatic heterocycles. The summed E-state index contributed by atoms with van der Waals surface area (Å²) in [6.07, 6.45) is 1.29. The first kappa shape index (κ1) is 27.2. The minimum Gasteiger partial charge on any atom is -0.337 e. The summed E-state index contributed by atoms with van der Waals surface area (Å²) < 4.78 is 67.0. The van der Waals surface area contributed by atoms with Crippen LogP contribution in [0.25, 0.3) is 11.1 Å². The molecule has 0 aliphatic rings. The Bertz CT molecular complexity index is 1480. The van der Waals surface area contributed by atoms with E-state index < -0.39 is 31.0 Å². The number of nitrogens with zero attached hydrogens (tertiary/aromatic N) is 4. The van der Waals surface area contributed by atoms with Crippen molar-refractivity contribution in [3.05, 3.63) is 84.6 Å². The number of anilines is 5. The molecule has 202 valence electrons. The van der Waals surface area contributed by atoms with E-state index in [1.54, 1.807) is 24.1 Å². The lowest BCUT2D eigenvalue weighted by atomic mass is 10.0. The van der Waals surface area contributed by atoms with Crippen LogP contribution < -0.4 is 16.0 Å². The fourth-order valence-electron chi connectivity index (χ4n) is 3.56. The van der Waals surface area contributed by atoms with Gasteiger partial charge in [-0.3, -0.25) is 9.48 Å². The van der Waals surface area contributed by atoms with Crippen molar-refractivity contribution in [1.82, 2.24) is 19.7 Å². The van der Waals surface area contributed by atoms with Crippen molar-refractivity contribution in [2.45, 2.75) is 12.6 Å². The lowest BCUT2D eigenvalue weighted by molar-refractivity contribution is -0.127. The highest BCUT2D eigenvalue weighted by atomic mass is 19.4. The predicted octanol–water partition coefficient (Wildman–Crippen LogP) is 6.07. The van der Waals surface area contributed by atoms with Gasteiger partial charge in [-0.05, 0) is 35.4 Å². The maximum Gasteiger partial charge on any atom is 0.393 e. The third kappa shape index (κ3) is 7.60. The average Bonchev–Trinajstić information content (AvgIpc) is 3.29. The van der Waals surface area contributed by atoms with Crippen molar-refractivity contribution >= 4 is 34.7 Å². The maximum absolute atomic E-state index is 14.8. The van der Waals surface area contributed by atoms with Gasteiger partial charge in [-0.15, -0.1) is 0 Å². The molecule has 2 heterocycles. The van der Waals surface area contributed by atoms with Crippen molar-refractivity contribution < 1.29 is 26.7 Å². The highest BCUT2D eigenvalue weighted by Crippen LogP contribution is 2.32. The highest BCUT2D eigenvalue weighted by molar-refractivity contribution is 5.99. The van der Waals surface area contributed by atoms with E-state index >= 15 is 0 Å². The third-order valence-electron chi connectivity index (χ3n) is 5.26. The Morgan fingerprint density at radius 1 is 1.05 bits per heavy atom. The molecule has 39 heavy (non-hydrogen) atoms. The van der Waals surface area contributed by atoms with Gasteiger partial charge in [0.05, 0.1) is 24.0 Å². The Labute approximate surface area is 219 Å². The SMILES string of the molecule is Cn1cc(Nc2ncc(-c3ccc(CC(F)(F)F)cc3)c(Nc3cc(NC(=O)/C=C/CF)ccc3F)n2)cn1. The van der Waals surface area contributed by atoms with Crippen molar-refractivity contribution in [3.8, 4) is 11.1 Å². The van der Waals surface area contributed by atoms with E-state index in [1.807, 2.05) is 0 Å². The lowest BCUT2D eigenvalue weighted by Crippen LogP contribution is -2.11. The van der Waals surface area contributed by atoms with E-state index in [-0.39, 0.29) is 28.7 Å². The van der Waals surface area contributed by atoms with E-state index in [4.69, 9.17) is 0 Å². The average molecular weight is 544 g/mol. The summed E-state index contributed by atoms with van der Waals surface area (Å²) in [7, 11) is 1.73. The van der Waals surface area contributed by atoms with Crippen LogP contribution in [-0.2, 0) is 18.3 Å². The van der Waals surface area contributed by atoms with Crippen LogP contribution in [0.4, 0.5) is 50.8 Å². The van der Waals surface area contributed by atoms with Crippen LogP contribution >= 0.6 is 0 Å². The van der Waals surface area contributed by atoms with Crippen LogP contribution in [0, 0.1) is 5.82 Å². The summed E-state index contributed by atoms with van der Waals surface area (Å²) in [4.78, 5) is 20.6. The summed E-state index contributed by atoms with van der Waals surface area (Å²) >= 11 is 0. The number of carbonyl (C=O) groups excluding carboxylic acids is 1. The van der Waals surface area contributed by atoms with Gasteiger partial charge in [-0.2, -0.15) is 23.3 Å². The number of hydrogen-bond donors (Lipinski definition) is 3. The van der Waals surface area contributed by atoms with E-state index in [2.05, 4.69) is 31.0 Å². The van der Waals surface area contributed by atoms with Crippen molar-refractivity contribution in [1.29, 1.82) is 0 Å². The standard InChI is InChI=1S/C26H22F5N7O/c1-38-15-19(13-33-38)35-25-32-14-20(17-6-4-16(5-7-17)12-26(29,30)31)24(37-25)36-22-11-18(8-9-21(22)28)34-23(39)3-2-10-27/h2-9,11,13-15H,10,12H2,1H3,(H,34,39)(H2,32,35,36,37)/b3-2+. The summed E-state index contributed by atoms with van der Waals surface area (Å²) in [5.41, 5.74) is 1.71. The Balaban J connectivity index is 1.68. The number of hydrogen-bond acceptors (Lipinski definition) is 6. The van der Waals surface area contributed by atoms with E-state index in [0.29, 0.717) is 16.8 Å². The molecule has 1 amide bonds. The number of aromatic nitrogens is 4. The van der Waals surface area contributed by atoms with Crippen molar-refractivity contribution in [2.75, 3.05) is 22.6 Å². The number of allylic oxidation sites excluding steroid dienone is 1. The van der Waals surface area contributed by atoms with Gasteiger partial charge in [-0.1, -0.05) is 24.3 Å². The molecule has 8 nitrogen and oxygen atoms in total. The highest BCUT2D eigenvalue weighted by Gasteiger charge is 2.27. The first-order valence-electron chi connectivity index (χ1n) is 11.5. The number of benzene rings is 2. The predicted molar refractivity (Wildman–Crippen MR) is 137 cm³/mol. The van der Waals surface area contributed by atoms with Crippen molar-refractivity contribution in [3.63, 3.8) is 0 Å². The summed E-state index contributed by atoms with van der Waals surface area (Å²) in [5.74, 6) is -0.988. The minimum absolute atomic E-state index is 0.0526. The zero-order valence-electron chi connectivity index (χ0n) is 20.4. The molecule has 0 fully saturated rings. The lowest BCUT2D eigenvalue weighted by Gasteiger charge is -2.15. The normalized spacial score (nSPS) is 11.5. The van der Waals surface area contributed by atoms with Gasteiger partial charge in [0.1, 0.15) is 18.3 Å². The van der Waals surface area contributed by atoms with Gasteiger partial charge in [-0.25, -0.2) is 13.8 Å². The van der Waals surface area contributed by atoms with Crippen LogP contribution in [0.2, 0.25) is 0 Å². The van der Waals surface area contributed by atoms with E-state index in [9.17, 15) is 26.7 Å².